The van der Waals surface area contributed by atoms with Gasteiger partial charge in [-0.1, -0.05) is 18.2 Å². The summed E-state index contributed by atoms with van der Waals surface area (Å²) >= 11 is 0. The number of benzene rings is 4. The first-order chi connectivity index (χ1) is 21.0. The van der Waals surface area contributed by atoms with Crippen molar-refractivity contribution in [1.29, 1.82) is 0 Å². The van der Waals surface area contributed by atoms with Crippen LogP contribution in [-0.2, 0) is 0 Å². The summed E-state index contributed by atoms with van der Waals surface area (Å²) in [6, 6.07) is 10.7. The fourth-order valence-electron chi connectivity index (χ4n) is 6.23. The van der Waals surface area contributed by atoms with Crippen LogP contribution < -0.4 is 10.3 Å². The molecule has 0 saturated carbocycles. The van der Waals surface area contributed by atoms with Crippen LogP contribution in [0.1, 0.15) is 60.7 Å². The van der Waals surface area contributed by atoms with Crippen molar-refractivity contribution in [3.05, 3.63) is 98.0 Å². The maximum atomic E-state index is 13.8. The van der Waals surface area contributed by atoms with Gasteiger partial charge in [-0.05, 0) is 36.8 Å². The van der Waals surface area contributed by atoms with Crippen LogP contribution in [0, 0.1) is 6.92 Å². The van der Waals surface area contributed by atoms with E-state index in [9.17, 15) is 45.0 Å². The van der Waals surface area contributed by atoms with Crippen molar-refractivity contribution in [3.8, 4) is 45.6 Å². The maximum absolute atomic E-state index is 13.8. The van der Waals surface area contributed by atoms with E-state index in [-0.39, 0.29) is 38.6 Å². The number of rotatable bonds is 2. The second kappa shape index (κ2) is 9.14. The van der Waals surface area contributed by atoms with Crippen molar-refractivity contribution in [1.82, 2.24) is 9.78 Å². The van der Waals surface area contributed by atoms with Crippen LogP contribution in [0.25, 0.3) is 27.6 Å². The van der Waals surface area contributed by atoms with E-state index in [4.69, 9.17) is 4.74 Å². The number of methoxy groups -OCH3 is 1. The summed E-state index contributed by atoms with van der Waals surface area (Å²) in [5.41, 5.74) is -3.33. The van der Waals surface area contributed by atoms with Gasteiger partial charge in [0.25, 0.3) is 5.56 Å². The highest BCUT2D eigenvalue weighted by atomic mass is 16.5. The van der Waals surface area contributed by atoms with E-state index in [0.29, 0.717) is 5.69 Å². The van der Waals surface area contributed by atoms with Crippen LogP contribution in [0.5, 0.6) is 28.7 Å². The second-order valence-corrected chi connectivity index (χ2v) is 10.6. The Morgan fingerprint density at radius 3 is 2.18 bits per heavy atom. The van der Waals surface area contributed by atoms with Gasteiger partial charge in [0.2, 0.25) is 5.78 Å². The predicted molar refractivity (Wildman–Crippen MR) is 154 cm³/mol. The van der Waals surface area contributed by atoms with E-state index in [0.717, 1.165) is 17.9 Å². The summed E-state index contributed by atoms with van der Waals surface area (Å²) in [5, 5.41) is 71.0. The number of carbonyl (C=O) groups is 2. The molecule has 0 bridgehead atoms. The van der Waals surface area contributed by atoms with Crippen molar-refractivity contribution in [2.24, 2.45) is 0 Å². The molecule has 0 spiro atoms. The number of nitrogens with zero attached hydrogens (tertiary/aromatic N) is 2. The van der Waals surface area contributed by atoms with E-state index in [1.807, 2.05) is 0 Å². The standard InChI is InChI=1S/C32H22N2O10/c1-11-16(35)9-15-19(24(11)36)28(40)23-21(25(15)37)29(41)20-18-14(26(38)30(42)22(20)31(23)44-2)8-12-10-33-34(13-6-4-3-5-7-13)32(43)17(12)27(18)39/h3-10,26,30,35-36,38-39,41-42H,1-2H3. The summed E-state index contributed by atoms with van der Waals surface area (Å²) in [5.74, 6) is -4.95. The van der Waals surface area contributed by atoms with Crippen molar-refractivity contribution in [2.75, 3.05) is 7.11 Å². The number of carbonyl (C=O) groups excluding carboxylic acids is 2. The zero-order chi connectivity index (χ0) is 31.4. The quantitative estimate of drug-likeness (QED) is 0.172. The largest absolute Gasteiger partial charge is 0.508 e. The number of ketones is 2. The highest BCUT2D eigenvalue weighted by Gasteiger charge is 2.46. The Balaban J connectivity index is 1.60. The lowest BCUT2D eigenvalue weighted by molar-refractivity contribution is 0.0141. The summed E-state index contributed by atoms with van der Waals surface area (Å²) in [7, 11) is 1.14. The molecule has 7 rings (SSSR count). The van der Waals surface area contributed by atoms with Crippen molar-refractivity contribution in [3.63, 3.8) is 0 Å². The lowest BCUT2D eigenvalue weighted by Crippen LogP contribution is -2.27. The molecule has 4 aromatic carbocycles. The Hall–Kier alpha value is -5.72. The van der Waals surface area contributed by atoms with Crippen LogP contribution in [0.4, 0.5) is 0 Å². The number of aliphatic hydroxyl groups excluding tert-OH is 2. The van der Waals surface area contributed by atoms with Gasteiger partial charge in [0, 0.05) is 33.2 Å². The summed E-state index contributed by atoms with van der Waals surface area (Å²) in [6.07, 6.45) is -2.28. The molecular weight excluding hydrogens is 572 g/mol. The molecule has 0 aliphatic heterocycles. The smallest absolute Gasteiger partial charge is 0.283 e. The molecule has 2 atom stereocenters. The van der Waals surface area contributed by atoms with Crippen LogP contribution in [0.15, 0.2) is 53.5 Å². The fourth-order valence-corrected chi connectivity index (χ4v) is 6.23. The van der Waals surface area contributed by atoms with E-state index in [2.05, 4.69) is 5.10 Å². The molecule has 1 heterocycles. The van der Waals surface area contributed by atoms with E-state index in [1.165, 1.54) is 19.2 Å². The lowest BCUT2D eigenvalue weighted by Gasteiger charge is -2.34. The average Bonchev–Trinajstić information content (AvgIpc) is 3.01. The number of ether oxygens (including phenoxy) is 1. The highest BCUT2D eigenvalue weighted by molar-refractivity contribution is 6.32. The number of fused-ring (bicyclic) bond motifs is 6. The Morgan fingerprint density at radius 1 is 0.795 bits per heavy atom. The number of para-hydroxylation sites is 1. The second-order valence-electron chi connectivity index (χ2n) is 10.6. The van der Waals surface area contributed by atoms with Gasteiger partial charge >= 0.3 is 0 Å². The molecule has 0 saturated heterocycles. The Morgan fingerprint density at radius 2 is 1.50 bits per heavy atom. The SMILES string of the molecule is COc1c2c(c(O)c3c1C(O)C(O)c1cc4cnn(-c5ccccc5)c(=O)c4c(O)c1-3)C(=O)c1cc(O)c(C)c(O)c1C2=O. The first-order valence-electron chi connectivity index (χ1n) is 13.3. The Bertz CT molecular complexity index is 2200. The molecule has 1 aromatic heterocycles. The van der Waals surface area contributed by atoms with Gasteiger partial charge in [0.15, 0.2) is 5.78 Å². The average molecular weight is 595 g/mol. The Kier molecular flexibility index (Phi) is 5.64. The number of phenols is 4. The molecule has 0 fully saturated rings. The third kappa shape index (κ3) is 3.28. The number of hydrogen-bond acceptors (Lipinski definition) is 11. The molecule has 44 heavy (non-hydrogen) atoms. The molecule has 0 amide bonds. The normalized spacial score (nSPS) is 16.7. The lowest BCUT2D eigenvalue weighted by atomic mass is 9.73. The molecule has 12 nitrogen and oxygen atoms in total. The number of phenolic OH excluding ortho intramolecular Hbond substituents is 4. The maximum Gasteiger partial charge on any atom is 0.283 e. The third-order valence-corrected chi connectivity index (χ3v) is 8.37. The third-order valence-electron chi connectivity index (χ3n) is 8.37. The Labute approximate surface area is 246 Å². The monoisotopic (exact) mass is 594 g/mol. The summed E-state index contributed by atoms with van der Waals surface area (Å²) < 4.78 is 6.56. The van der Waals surface area contributed by atoms with Crippen molar-refractivity contribution in [2.45, 2.75) is 19.1 Å². The molecule has 6 N–H and O–H groups in total. The van der Waals surface area contributed by atoms with Gasteiger partial charge in [0.05, 0.1) is 41.1 Å². The number of aliphatic hydroxyl groups is 2. The van der Waals surface area contributed by atoms with E-state index < -0.39 is 80.3 Å². The first kappa shape index (κ1) is 27.1. The number of hydrogen-bond donors (Lipinski definition) is 6. The minimum absolute atomic E-state index is 0.0636. The molecule has 2 aliphatic rings. The van der Waals surface area contributed by atoms with Crippen molar-refractivity contribution < 1.29 is 45.0 Å². The van der Waals surface area contributed by atoms with Gasteiger partial charge in [0.1, 0.15) is 41.0 Å². The van der Waals surface area contributed by atoms with Crippen LogP contribution >= 0.6 is 0 Å². The van der Waals surface area contributed by atoms with Crippen LogP contribution in [0.3, 0.4) is 0 Å². The topological polar surface area (TPSA) is 200 Å². The molecule has 2 aliphatic carbocycles. The molecule has 12 heteroatoms. The summed E-state index contributed by atoms with van der Waals surface area (Å²) in [4.78, 5) is 41.3. The fraction of sp³-hybridized carbons (Fsp3) is 0.125. The highest BCUT2D eigenvalue weighted by Crippen LogP contribution is 2.59. The van der Waals surface area contributed by atoms with Crippen LogP contribution in [-0.4, -0.2) is 59.1 Å². The number of aromatic nitrogens is 2. The van der Waals surface area contributed by atoms with Crippen molar-refractivity contribution >= 4 is 22.3 Å². The van der Waals surface area contributed by atoms with Gasteiger partial charge in [-0.3, -0.25) is 14.4 Å². The zero-order valence-corrected chi connectivity index (χ0v) is 23.0. The van der Waals surface area contributed by atoms with Gasteiger partial charge < -0.3 is 35.4 Å². The van der Waals surface area contributed by atoms with Gasteiger partial charge in [-0.2, -0.15) is 9.78 Å². The zero-order valence-electron chi connectivity index (χ0n) is 23.0. The summed E-state index contributed by atoms with van der Waals surface area (Å²) in [6.45, 7) is 1.34. The minimum atomic E-state index is -1.84. The van der Waals surface area contributed by atoms with E-state index >= 15 is 0 Å². The molecular formula is C32H22N2O10. The van der Waals surface area contributed by atoms with E-state index in [1.54, 1.807) is 30.3 Å². The first-order valence-corrected chi connectivity index (χ1v) is 13.3. The molecule has 5 aromatic rings. The molecule has 220 valence electrons. The van der Waals surface area contributed by atoms with Gasteiger partial charge in [-0.25, -0.2) is 0 Å². The minimum Gasteiger partial charge on any atom is -0.508 e. The number of aromatic hydroxyl groups is 4. The molecule has 0 radical (unpaired) electrons. The molecule has 2 unspecified atom stereocenters. The van der Waals surface area contributed by atoms with Gasteiger partial charge in [-0.15, -0.1) is 0 Å². The van der Waals surface area contributed by atoms with Crippen LogP contribution in [0.2, 0.25) is 0 Å². The predicted octanol–water partition coefficient (Wildman–Crippen LogP) is 3.05.